The van der Waals surface area contributed by atoms with Gasteiger partial charge in [0, 0.05) is 69.6 Å². The number of aryl methyl sites for hydroxylation is 1. The van der Waals surface area contributed by atoms with Crippen LogP contribution in [0.1, 0.15) is 42.1 Å². The van der Waals surface area contributed by atoms with Crippen LogP contribution in [0.3, 0.4) is 0 Å². The van der Waals surface area contributed by atoms with Crippen molar-refractivity contribution in [2.45, 2.75) is 50.7 Å². The van der Waals surface area contributed by atoms with Crippen LogP contribution < -0.4 is 5.56 Å². The highest BCUT2D eigenvalue weighted by atomic mass is 19.3. The van der Waals surface area contributed by atoms with E-state index in [0.717, 1.165) is 37.4 Å². The molecule has 3 aliphatic heterocycles. The predicted molar refractivity (Wildman–Crippen MR) is 107 cm³/mol. The molecule has 0 radical (unpaired) electrons. The molecule has 7 nitrogen and oxygen atoms in total. The van der Waals surface area contributed by atoms with Gasteiger partial charge in [-0.2, -0.15) is 0 Å². The number of rotatable bonds is 4. The van der Waals surface area contributed by atoms with Gasteiger partial charge in [0.2, 0.25) is 0 Å². The monoisotopic (exact) mass is 418 g/mol. The Kier molecular flexibility index (Phi) is 4.97. The average molecular weight is 418 g/mol. The summed E-state index contributed by atoms with van der Waals surface area (Å²) in [7, 11) is 1.87. The Morgan fingerprint density at radius 1 is 1.17 bits per heavy atom. The van der Waals surface area contributed by atoms with E-state index in [1.165, 1.54) is 0 Å². The quantitative estimate of drug-likeness (QED) is 0.758. The summed E-state index contributed by atoms with van der Waals surface area (Å²) in [5.41, 5.74) is 2.67. The molecule has 2 saturated heterocycles. The molecule has 162 valence electrons. The molecule has 2 aromatic rings. The van der Waals surface area contributed by atoms with Crippen molar-refractivity contribution in [1.29, 1.82) is 0 Å². The first-order valence-electron chi connectivity index (χ1n) is 10.8. The van der Waals surface area contributed by atoms with E-state index in [0.29, 0.717) is 43.5 Å². The largest absolute Gasteiger partial charge is 0.312 e. The number of alkyl halides is 2. The predicted octanol–water partition coefficient (Wildman–Crippen LogP) is 1.83. The van der Waals surface area contributed by atoms with Crippen LogP contribution in [-0.2, 0) is 26.7 Å². The highest BCUT2D eigenvalue weighted by Gasteiger charge is 2.37. The molecule has 0 aromatic carbocycles. The zero-order valence-corrected chi connectivity index (χ0v) is 17.3. The van der Waals surface area contributed by atoms with Gasteiger partial charge in [0.25, 0.3) is 11.5 Å². The van der Waals surface area contributed by atoms with Crippen molar-refractivity contribution >= 4 is 0 Å². The summed E-state index contributed by atoms with van der Waals surface area (Å²) < 4.78 is 31.1. The standard InChI is InChI=1S/C21H28F2N6O/c1-26-12-18(24-25-26)13-28-8-15-7-17(11-28)19-4-3-16(20(30)29(19)9-15)10-27-6-2-5-21(22,23)14-27/h3-4,12,15,17H,2,5-11,13-14H2,1H3/t15-,17+/m0/s1. The van der Waals surface area contributed by atoms with Crippen LogP contribution >= 0.6 is 0 Å². The van der Waals surface area contributed by atoms with Gasteiger partial charge in [-0.05, 0) is 31.4 Å². The minimum absolute atomic E-state index is 0.00142. The zero-order valence-electron chi connectivity index (χ0n) is 17.3. The second-order valence-corrected chi connectivity index (χ2v) is 9.25. The van der Waals surface area contributed by atoms with Crippen molar-refractivity contribution in [3.05, 3.63) is 45.6 Å². The first-order chi connectivity index (χ1) is 14.4. The number of halogens is 2. The highest BCUT2D eigenvalue weighted by molar-refractivity contribution is 5.22. The lowest BCUT2D eigenvalue weighted by molar-refractivity contribution is -0.0662. The summed E-state index contributed by atoms with van der Waals surface area (Å²) in [6.45, 7) is 3.97. The summed E-state index contributed by atoms with van der Waals surface area (Å²) in [4.78, 5) is 17.3. The third-order valence-electron chi connectivity index (χ3n) is 6.66. The van der Waals surface area contributed by atoms with E-state index < -0.39 is 5.92 Å². The minimum Gasteiger partial charge on any atom is -0.312 e. The van der Waals surface area contributed by atoms with Gasteiger partial charge in [-0.1, -0.05) is 11.3 Å². The van der Waals surface area contributed by atoms with E-state index in [4.69, 9.17) is 0 Å². The van der Waals surface area contributed by atoms with Crippen molar-refractivity contribution < 1.29 is 8.78 Å². The van der Waals surface area contributed by atoms with Gasteiger partial charge < -0.3 is 4.57 Å². The van der Waals surface area contributed by atoms with Crippen molar-refractivity contribution in [3.8, 4) is 0 Å². The third-order valence-corrected chi connectivity index (χ3v) is 6.66. The zero-order chi connectivity index (χ0) is 20.9. The van der Waals surface area contributed by atoms with Crippen molar-refractivity contribution in [2.75, 3.05) is 26.2 Å². The van der Waals surface area contributed by atoms with Crippen LogP contribution in [0.15, 0.2) is 23.1 Å². The maximum absolute atomic E-state index is 13.7. The summed E-state index contributed by atoms with van der Waals surface area (Å²) in [5, 5.41) is 8.21. The van der Waals surface area contributed by atoms with Crippen molar-refractivity contribution in [2.24, 2.45) is 13.0 Å². The van der Waals surface area contributed by atoms with Gasteiger partial charge in [0.1, 0.15) is 0 Å². The lowest BCUT2D eigenvalue weighted by Crippen LogP contribution is -2.48. The fourth-order valence-corrected chi connectivity index (χ4v) is 5.46. The SMILES string of the molecule is Cn1cc(CN2C[C@@H]3C[C@H](C2)c2ccc(CN4CCCC(F)(F)C4)c(=O)n2C3)nn1. The molecule has 2 atom stereocenters. The van der Waals surface area contributed by atoms with Crippen LogP contribution in [-0.4, -0.2) is 61.5 Å². The fourth-order valence-electron chi connectivity index (χ4n) is 5.46. The number of fused-ring (bicyclic) bond motifs is 4. The van der Waals surface area contributed by atoms with Gasteiger partial charge in [0.15, 0.2) is 0 Å². The first kappa shape index (κ1) is 19.8. The molecule has 0 saturated carbocycles. The number of hydrogen-bond acceptors (Lipinski definition) is 5. The van der Waals surface area contributed by atoms with Crippen LogP contribution in [0.4, 0.5) is 8.78 Å². The summed E-state index contributed by atoms with van der Waals surface area (Å²) in [6, 6.07) is 3.91. The molecule has 0 spiro atoms. The smallest absolute Gasteiger partial charge is 0.260 e. The van der Waals surface area contributed by atoms with Crippen molar-refractivity contribution in [1.82, 2.24) is 29.4 Å². The molecule has 0 unspecified atom stereocenters. The molecule has 0 N–H and O–H groups in total. The summed E-state index contributed by atoms with van der Waals surface area (Å²) in [6.07, 6.45) is 3.46. The number of hydrogen-bond donors (Lipinski definition) is 0. The van der Waals surface area contributed by atoms with Gasteiger partial charge in [-0.15, -0.1) is 5.10 Å². The Hall–Kier alpha value is -2.13. The van der Waals surface area contributed by atoms with Crippen molar-refractivity contribution in [3.63, 3.8) is 0 Å². The molecule has 9 heteroatoms. The van der Waals surface area contributed by atoms with Gasteiger partial charge in [-0.25, -0.2) is 8.78 Å². The molecular formula is C21H28F2N6O. The highest BCUT2D eigenvalue weighted by Crippen LogP contribution is 2.36. The normalized spacial score (nSPS) is 26.5. The maximum atomic E-state index is 13.7. The Morgan fingerprint density at radius 2 is 2.03 bits per heavy atom. The lowest BCUT2D eigenvalue weighted by atomic mass is 9.83. The van der Waals surface area contributed by atoms with Crippen LogP contribution in [0, 0.1) is 5.92 Å². The minimum atomic E-state index is -2.65. The maximum Gasteiger partial charge on any atom is 0.260 e. The Bertz CT molecular complexity index is 986. The Balaban J connectivity index is 1.33. The molecule has 0 amide bonds. The molecule has 2 aromatic heterocycles. The molecule has 0 aliphatic carbocycles. The topological polar surface area (TPSA) is 59.2 Å². The average Bonchev–Trinajstić information content (AvgIpc) is 3.08. The number of nitrogens with zero attached hydrogens (tertiary/aromatic N) is 6. The van der Waals surface area contributed by atoms with Crippen LogP contribution in [0.25, 0.3) is 0 Å². The van der Waals surface area contributed by atoms with E-state index in [1.807, 2.05) is 29.9 Å². The Morgan fingerprint density at radius 3 is 2.80 bits per heavy atom. The molecular weight excluding hydrogens is 390 g/mol. The first-order valence-corrected chi connectivity index (χ1v) is 10.8. The van der Waals surface area contributed by atoms with Gasteiger partial charge >= 0.3 is 0 Å². The van der Waals surface area contributed by atoms with Gasteiger partial charge in [0.05, 0.1) is 12.2 Å². The number of aromatic nitrogens is 4. The van der Waals surface area contributed by atoms with E-state index in [2.05, 4.69) is 15.2 Å². The van der Waals surface area contributed by atoms with E-state index in [-0.39, 0.29) is 18.5 Å². The molecule has 3 aliphatic rings. The summed E-state index contributed by atoms with van der Waals surface area (Å²) in [5.74, 6) is -1.91. The molecule has 2 bridgehead atoms. The second kappa shape index (κ2) is 7.53. The lowest BCUT2D eigenvalue weighted by Gasteiger charge is -2.42. The van der Waals surface area contributed by atoms with Crippen LogP contribution in [0.5, 0.6) is 0 Å². The van der Waals surface area contributed by atoms with E-state index in [9.17, 15) is 13.6 Å². The number of pyridine rings is 1. The summed E-state index contributed by atoms with van der Waals surface area (Å²) >= 11 is 0. The van der Waals surface area contributed by atoms with Gasteiger partial charge in [-0.3, -0.25) is 19.3 Å². The molecule has 2 fully saturated rings. The number of piperidine rings is 2. The second-order valence-electron chi connectivity index (χ2n) is 9.25. The van der Waals surface area contributed by atoms with E-state index in [1.54, 1.807) is 9.58 Å². The third kappa shape index (κ3) is 3.92. The number of likely N-dealkylation sites (tertiary alicyclic amines) is 2. The molecule has 5 heterocycles. The fraction of sp³-hybridized carbons (Fsp3) is 0.667. The van der Waals surface area contributed by atoms with Crippen LogP contribution in [0.2, 0.25) is 0 Å². The Labute approximate surface area is 174 Å². The van der Waals surface area contributed by atoms with E-state index >= 15 is 0 Å². The molecule has 5 rings (SSSR count). The molecule has 30 heavy (non-hydrogen) atoms.